The predicted molar refractivity (Wildman–Crippen MR) is 86.0 cm³/mol. The van der Waals surface area contributed by atoms with Gasteiger partial charge in [-0.05, 0) is 61.7 Å². The third kappa shape index (κ3) is 3.76. The molecular weight excluding hydrogens is 262 g/mol. The molecule has 2 N–H and O–H groups in total. The lowest BCUT2D eigenvalue weighted by Crippen LogP contribution is -2.14. The number of hydrogen-bond donors (Lipinski definition) is 1. The molecule has 0 radical (unpaired) electrons. The highest BCUT2D eigenvalue weighted by molar-refractivity contribution is 5.42. The minimum atomic E-state index is -0.174. The summed E-state index contributed by atoms with van der Waals surface area (Å²) >= 11 is 0. The monoisotopic (exact) mass is 285 g/mol. The number of nitrogens with two attached hydrogens (primary N) is 1. The van der Waals surface area contributed by atoms with Crippen LogP contribution in [0.25, 0.3) is 0 Å². The van der Waals surface area contributed by atoms with Crippen LogP contribution in [-0.2, 0) is 0 Å². The van der Waals surface area contributed by atoms with Crippen molar-refractivity contribution in [1.29, 1.82) is 0 Å². The molecule has 0 aromatic heterocycles. The fraction of sp³-hybridized carbons (Fsp3) is 0.333. The molecule has 3 nitrogen and oxygen atoms in total. The lowest BCUT2D eigenvalue weighted by Gasteiger charge is -2.18. The number of benzene rings is 2. The van der Waals surface area contributed by atoms with Gasteiger partial charge in [0.25, 0.3) is 0 Å². The van der Waals surface area contributed by atoms with Crippen LogP contribution >= 0.6 is 0 Å². The maximum absolute atomic E-state index is 6.41. The van der Waals surface area contributed by atoms with Crippen LogP contribution in [0.2, 0.25) is 0 Å². The first-order valence-electron chi connectivity index (χ1n) is 7.18. The van der Waals surface area contributed by atoms with Crippen LogP contribution in [0.3, 0.4) is 0 Å². The van der Waals surface area contributed by atoms with Gasteiger partial charge >= 0.3 is 0 Å². The maximum Gasteiger partial charge on any atom is 0.120 e. The zero-order valence-corrected chi connectivity index (χ0v) is 13.1. The van der Waals surface area contributed by atoms with E-state index in [4.69, 9.17) is 15.2 Å². The molecule has 0 heterocycles. The van der Waals surface area contributed by atoms with Crippen molar-refractivity contribution in [2.45, 2.75) is 32.9 Å². The highest BCUT2D eigenvalue weighted by atomic mass is 16.5. The van der Waals surface area contributed by atoms with E-state index in [1.165, 1.54) is 0 Å². The van der Waals surface area contributed by atoms with E-state index >= 15 is 0 Å². The highest BCUT2D eigenvalue weighted by Gasteiger charge is 2.13. The molecule has 2 aromatic rings. The second kappa shape index (κ2) is 6.64. The minimum absolute atomic E-state index is 0.152. The Morgan fingerprint density at radius 2 is 1.76 bits per heavy atom. The van der Waals surface area contributed by atoms with E-state index in [2.05, 4.69) is 0 Å². The van der Waals surface area contributed by atoms with Crippen molar-refractivity contribution in [1.82, 2.24) is 0 Å². The largest absolute Gasteiger partial charge is 0.497 e. The van der Waals surface area contributed by atoms with E-state index in [9.17, 15) is 0 Å². The highest BCUT2D eigenvalue weighted by Crippen LogP contribution is 2.28. The van der Waals surface area contributed by atoms with Crippen molar-refractivity contribution in [2.75, 3.05) is 7.11 Å². The van der Waals surface area contributed by atoms with Gasteiger partial charge in [-0.15, -0.1) is 0 Å². The Bertz CT molecular complexity index is 608. The van der Waals surface area contributed by atoms with Crippen molar-refractivity contribution in [3.63, 3.8) is 0 Å². The first kappa shape index (κ1) is 15.4. The van der Waals surface area contributed by atoms with Crippen LogP contribution in [-0.4, -0.2) is 13.2 Å². The molecule has 112 valence electrons. The summed E-state index contributed by atoms with van der Waals surface area (Å²) in [4.78, 5) is 0. The van der Waals surface area contributed by atoms with E-state index in [-0.39, 0.29) is 12.1 Å². The average molecular weight is 285 g/mol. The number of methoxy groups -OCH3 is 1. The van der Waals surface area contributed by atoms with Crippen molar-refractivity contribution in [2.24, 2.45) is 5.73 Å². The van der Waals surface area contributed by atoms with Gasteiger partial charge in [0.15, 0.2) is 0 Å². The Hall–Kier alpha value is -2.00. The molecule has 1 atom stereocenters. The van der Waals surface area contributed by atoms with Gasteiger partial charge in [-0.25, -0.2) is 0 Å². The van der Waals surface area contributed by atoms with Crippen LogP contribution in [0, 0.1) is 6.92 Å². The smallest absolute Gasteiger partial charge is 0.120 e. The Morgan fingerprint density at radius 3 is 2.38 bits per heavy atom. The van der Waals surface area contributed by atoms with E-state index in [1.54, 1.807) is 7.11 Å². The zero-order chi connectivity index (χ0) is 15.4. The molecule has 0 spiro atoms. The molecule has 0 aliphatic carbocycles. The third-order valence-electron chi connectivity index (χ3n) is 3.40. The van der Waals surface area contributed by atoms with E-state index in [1.807, 2.05) is 63.2 Å². The van der Waals surface area contributed by atoms with Gasteiger partial charge < -0.3 is 15.2 Å². The molecule has 0 amide bonds. The zero-order valence-electron chi connectivity index (χ0n) is 13.1. The van der Waals surface area contributed by atoms with Gasteiger partial charge in [0.2, 0.25) is 0 Å². The number of rotatable bonds is 5. The topological polar surface area (TPSA) is 44.5 Å². The Kier molecular flexibility index (Phi) is 4.86. The van der Waals surface area contributed by atoms with E-state index < -0.39 is 0 Å². The van der Waals surface area contributed by atoms with E-state index in [0.717, 1.165) is 28.2 Å². The van der Waals surface area contributed by atoms with Gasteiger partial charge in [-0.3, -0.25) is 0 Å². The average Bonchev–Trinajstić information content (AvgIpc) is 2.46. The summed E-state index contributed by atoms with van der Waals surface area (Å²) in [6.07, 6.45) is 0.152. The molecule has 0 saturated carbocycles. The Morgan fingerprint density at radius 1 is 1.00 bits per heavy atom. The minimum Gasteiger partial charge on any atom is -0.497 e. The summed E-state index contributed by atoms with van der Waals surface area (Å²) in [6.45, 7) is 6.08. The summed E-state index contributed by atoms with van der Waals surface area (Å²) in [5.41, 5.74) is 9.67. The first-order valence-corrected chi connectivity index (χ1v) is 7.18. The lowest BCUT2D eigenvalue weighted by atomic mass is 9.95. The maximum atomic E-state index is 6.41. The SMILES string of the molecule is COc1ccc(C(N)c2cccc(OC(C)C)c2)c(C)c1. The van der Waals surface area contributed by atoms with Crippen LogP contribution in [0.4, 0.5) is 0 Å². The van der Waals surface area contributed by atoms with Gasteiger partial charge in [-0.1, -0.05) is 18.2 Å². The van der Waals surface area contributed by atoms with Crippen LogP contribution in [0.15, 0.2) is 42.5 Å². The normalized spacial score (nSPS) is 12.3. The lowest BCUT2D eigenvalue weighted by molar-refractivity contribution is 0.242. The fourth-order valence-electron chi connectivity index (χ4n) is 2.36. The summed E-state index contributed by atoms with van der Waals surface area (Å²) in [6, 6.07) is 13.8. The summed E-state index contributed by atoms with van der Waals surface area (Å²) in [5, 5.41) is 0. The second-order valence-electron chi connectivity index (χ2n) is 5.44. The van der Waals surface area contributed by atoms with Gasteiger partial charge in [0.1, 0.15) is 11.5 Å². The molecule has 0 saturated heterocycles. The molecule has 3 heteroatoms. The molecule has 0 fully saturated rings. The molecule has 2 aromatic carbocycles. The Labute approximate surface area is 126 Å². The fourth-order valence-corrected chi connectivity index (χ4v) is 2.36. The van der Waals surface area contributed by atoms with Gasteiger partial charge in [0, 0.05) is 0 Å². The molecular formula is C18H23NO2. The van der Waals surface area contributed by atoms with E-state index in [0.29, 0.717) is 0 Å². The third-order valence-corrected chi connectivity index (χ3v) is 3.40. The quantitative estimate of drug-likeness (QED) is 0.907. The molecule has 0 bridgehead atoms. The van der Waals surface area contributed by atoms with Crippen LogP contribution < -0.4 is 15.2 Å². The molecule has 21 heavy (non-hydrogen) atoms. The number of hydrogen-bond acceptors (Lipinski definition) is 3. The number of ether oxygens (including phenoxy) is 2. The van der Waals surface area contributed by atoms with Crippen LogP contribution in [0.5, 0.6) is 11.5 Å². The molecule has 0 aliphatic heterocycles. The van der Waals surface area contributed by atoms with Gasteiger partial charge in [-0.2, -0.15) is 0 Å². The van der Waals surface area contributed by atoms with Crippen molar-refractivity contribution < 1.29 is 9.47 Å². The summed E-state index contributed by atoms with van der Waals surface area (Å²) in [5.74, 6) is 1.70. The Balaban J connectivity index is 2.29. The molecule has 0 aliphatic rings. The first-order chi connectivity index (χ1) is 10.0. The molecule has 2 rings (SSSR count). The summed E-state index contributed by atoms with van der Waals surface area (Å²) in [7, 11) is 1.67. The second-order valence-corrected chi connectivity index (χ2v) is 5.44. The number of aryl methyl sites for hydroxylation is 1. The standard InChI is InChI=1S/C18H23NO2/c1-12(2)21-16-7-5-6-14(11-16)18(19)17-9-8-15(20-4)10-13(17)3/h5-12,18H,19H2,1-4H3. The van der Waals surface area contributed by atoms with Crippen LogP contribution in [0.1, 0.15) is 36.6 Å². The van der Waals surface area contributed by atoms with Crippen molar-refractivity contribution in [3.8, 4) is 11.5 Å². The van der Waals surface area contributed by atoms with Crippen molar-refractivity contribution in [3.05, 3.63) is 59.2 Å². The van der Waals surface area contributed by atoms with Gasteiger partial charge in [0.05, 0.1) is 19.3 Å². The van der Waals surface area contributed by atoms with Crippen molar-refractivity contribution >= 4 is 0 Å². The summed E-state index contributed by atoms with van der Waals surface area (Å²) < 4.78 is 11.0. The molecule has 1 unspecified atom stereocenters. The predicted octanol–water partition coefficient (Wildman–Crippen LogP) is 3.84.